The predicted molar refractivity (Wildman–Crippen MR) is 100 cm³/mol. The molecule has 7 heteroatoms. The van der Waals surface area contributed by atoms with Gasteiger partial charge in [-0.15, -0.1) is 0 Å². The minimum Gasteiger partial charge on any atom is -0.387 e. The number of hydrogen-bond donors (Lipinski definition) is 1. The summed E-state index contributed by atoms with van der Waals surface area (Å²) in [5.74, 6) is 0. The number of rotatable bonds is 4. The highest BCUT2D eigenvalue weighted by molar-refractivity contribution is 7.89. The van der Waals surface area contributed by atoms with Crippen LogP contribution in [-0.4, -0.2) is 33.8 Å². The molecule has 0 spiro atoms. The van der Waals surface area contributed by atoms with E-state index in [1.165, 1.54) is 4.31 Å². The molecule has 27 heavy (non-hydrogen) atoms. The fourth-order valence-corrected chi connectivity index (χ4v) is 5.30. The Kier molecular flexibility index (Phi) is 4.73. The maximum Gasteiger partial charge on any atom is 0.244 e. The van der Waals surface area contributed by atoms with Crippen LogP contribution in [0.3, 0.4) is 0 Å². The largest absolute Gasteiger partial charge is 0.387 e. The molecule has 0 aliphatic carbocycles. The zero-order valence-electron chi connectivity index (χ0n) is 14.5. The molecule has 0 fully saturated rings. The maximum absolute atomic E-state index is 13.3. The lowest BCUT2D eigenvalue weighted by atomic mass is 9.97. The predicted octanol–water partition coefficient (Wildman–Crippen LogP) is 2.33. The lowest BCUT2D eigenvalue weighted by Crippen LogP contribution is -2.48. The summed E-state index contributed by atoms with van der Waals surface area (Å²) in [4.78, 5) is 8.45. The van der Waals surface area contributed by atoms with Crippen molar-refractivity contribution < 1.29 is 13.5 Å². The molecule has 0 unspecified atom stereocenters. The van der Waals surface area contributed by atoms with Crippen molar-refractivity contribution in [3.8, 4) is 0 Å². The first kappa shape index (κ1) is 17.8. The van der Waals surface area contributed by atoms with E-state index in [1.54, 1.807) is 55.0 Å². The average molecular weight is 381 g/mol. The number of nitrogens with zero attached hydrogens (tertiary/aromatic N) is 3. The SMILES string of the molecule is O=S1(=O)c2ccccc2[C@H](O)[C@H](Cc2ccccn2)N1Cc1ccncc1. The van der Waals surface area contributed by atoms with Crippen molar-refractivity contribution in [2.75, 3.05) is 0 Å². The first-order chi connectivity index (χ1) is 13.1. The Bertz CT molecular complexity index is 1030. The first-order valence-electron chi connectivity index (χ1n) is 8.65. The molecule has 0 saturated carbocycles. The van der Waals surface area contributed by atoms with Gasteiger partial charge in [-0.3, -0.25) is 9.97 Å². The summed E-state index contributed by atoms with van der Waals surface area (Å²) in [6.07, 6.45) is 4.31. The number of fused-ring (bicyclic) bond motifs is 1. The van der Waals surface area contributed by atoms with Crippen LogP contribution in [0.15, 0.2) is 78.1 Å². The number of pyridine rings is 2. The zero-order chi connectivity index (χ0) is 18.9. The Hall–Kier alpha value is -2.61. The molecule has 138 valence electrons. The Morgan fingerprint density at radius 2 is 1.70 bits per heavy atom. The molecule has 6 nitrogen and oxygen atoms in total. The van der Waals surface area contributed by atoms with Crippen LogP contribution < -0.4 is 0 Å². The summed E-state index contributed by atoms with van der Waals surface area (Å²) in [5, 5.41) is 11.0. The van der Waals surface area contributed by atoms with E-state index in [-0.39, 0.29) is 11.4 Å². The van der Waals surface area contributed by atoms with Gasteiger partial charge < -0.3 is 5.11 Å². The quantitative estimate of drug-likeness (QED) is 0.750. The molecule has 1 N–H and O–H groups in total. The Balaban J connectivity index is 1.80. The van der Waals surface area contributed by atoms with Gasteiger partial charge in [0.25, 0.3) is 0 Å². The van der Waals surface area contributed by atoms with E-state index in [9.17, 15) is 13.5 Å². The highest BCUT2D eigenvalue weighted by Crippen LogP contribution is 2.38. The normalized spacial score (nSPS) is 21.5. The van der Waals surface area contributed by atoms with Gasteiger partial charge in [0.15, 0.2) is 0 Å². The Morgan fingerprint density at radius 1 is 0.963 bits per heavy atom. The lowest BCUT2D eigenvalue weighted by Gasteiger charge is -2.39. The number of aliphatic hydroxyl groups excluding tert-OH is 1. The van der Waals surface area contributed by atoms with E-state index < -0.39 is 22.2 Å². The summed E-state index contributed by atoms with van der Waals surface area (Å²) in [5.41, 5.74) is 1.98. The molecule has 4 rings (SSSR count). The second kappa shape index (κ2) is 7.19. The topological polar surface area (TPSA) is 83.4 Å². The molecular formula is C20H19N3O3S. The molecule has 3 aromatic rings. The van der Waals surface area contributed by atoms with Gasteiger partial charge in [-0.05, 0) is 35.9 Å². The smallest absolute Gasteiger partial charge is 0.244 e. The fourth-order valence-electron chi connectivity index (χ4n) is 3.45. The second-order valence-corrected chi connectivity index (χ2v) is 8.34. The molecule has 2 aromatic heterocycles. The molecular weight excluding hydrogens is 362 g/mol. The van der Waals surface area contributed by atoms with Gasteiger partial charge in [0.1, 0.15) is 0 Å². The van der Waals surface area contributed by atoms with Crippen molar-refractivity contribution in [3.05, 3.63) is 90.0 Å². The van der Waals surface area contributed by atoms with Crippen molar-refractivity contribution in [2.24, 2.45) is 0 Å². The maximum atomic E-state index is 13.3. The summed E-state index contributed by atoms with van der Waals surface area (Å²) in [6.45, 7) is 0.160. The van der Waals surface area contributed by atoms with Crippen molar-refractivity contribution in [1.29, 1.82) is 0 Å². The van der Waals surface area contributed by atoms with Crippen LogP contribution in [0, 0.1) is 0 Å². The van der Waals surface area contributed by atoms with E-state index in [4.69, 9.17) is 0 Å². The molecule has 0 amide bonds. The minimum atomic E-state index is -3.76. The fraction of sp³-hybridized carbons (Fsp3) is 0.200. The summed E-state index contributed by atoms with van der Waals surface area (Å²) in [6, 6.07) is 15.0. The van der Waals surface area contributed by atoms with Crippen LogP contribution in [0.25, 0.3) is 0 Å². The van der Waals surface area contributed by atoms with Gasteiger partial charge in [0.2, 0.25) is 10.0 Å². The monoisotopic (exact) mass is 381 g/mol. The van der Waals surface area contributed by atoms with Crippen molar-refractivity contribution >= 4 is 10.0 Å². The van der Waals surface area contributed by atoms with E-state index >= 15 is 0 Å². The van der Waals surface area contributed by atoms with Gasteiger partial charge in [0.05, 0.1) is 17.0 Å². The lowest BCUT2D eigenvalue weighted by molar-refractivity contribution is 0.0764. The van der Waals surface area contributed by atoms with Crippen LogP contribution in [0.4, 0.5) is 0 Å². The summed E-state index contributed by atoms with van der Waals surface area (Å²) in [7, 11) is -3.76. The third-order valence-electron chi connectivity index (χ3n) is 4.79. The van der Waals surface area contributed by atoms with Crippen molar-refractivity contribution in [1.82, 2.24) is 14.3 Å². The van der Waals surface area contributed by atoms with E-state index in [1.807, 2.05) is 18.2 Å². The van der Waals surface area contributed by atoms with Crippen LogP contribution in [0.1, 0.15) is 22.9 Å². The summed E-state index contributed by atoms with van der Waals surface area (Å²) < 4.78 is 28.0. The van der Waals surface area contributed by atoms with Gasteiger partial charge in [-0.1, -0.05) is 24.3 Å². The first-order valence-corrected chi connectivity index (χ1v) is 10.1. The van der Waals surface area contributed by atoms with Crippen molar-refractivity contribution in [2.45, 2.75) is 30.0 Å². The van der Waals surface area contributed by atoms with Gasteiger partial charge >= 0.3 is 0 Å². The van der Waals surface area contributed by atoms with Gasteiger partial charge in [-0.25, -0.2) is 8.42 Å². The van der Waals surface area contributed by atoms with E-state index in [2.05, 4.69) is 9.97 Å². The second-order valence-electron chi connectivity index (χ2n) is 6.48. The van der Waals surface area contributed by atoms with Crippen molar-refractivity contribution in [3.63, 3.8) is 0 Å². The number of hydrogen-bond acceptors (Lipinski definition) is 5. The van der Waals surface area contributed by atoms with Crippen LogP contribution in [0.5, 0.6) is 0 Å². The molecule has 1 aliphatic heterocycles. The number of benzene rings is 1. The number of aromatic nitrogens is 2. The van der Waals surface area contributed by atoms with Crippen LogP contribution >= 0.6 is 0 Å². The molecule has 0 radical (unpaired) electrons. The Labute approximate surface area is 158 Å². The molecule has 0 bridgehead atoms. The summed E-state index contributed by atoms with van der Waals surface area (Å²) >= 11 is 0. The molecule has 1 aromatic carbocycles. The van der Waals surface area contributed by atoms with E-state index in [0.29, 0.717) is 12.0 Å². The van der Waals surface area contributed by atoms with Gasteiger partial charge in [0, 0.05) is 42.8 Å². The molecule has 0 saturated heterocycles. The zero-order valence-corrected chi connectivity index (χ0v) is 15.3. The third kappa shape index (κ3) is 3.37. The minimum absolute atomic E-state index is 0.156. The highest BCUT2D eigenvalue weighted by atomic mass is 32.2. The third-order valence-corrected chi connectivity index (χ3v) is 6.74. The number of aliphatic hydroxyl groups is 1. The van der Waals surface area contributed by atoms with Crippen LogP contribution in [-0.2, 0) is 23.0 Å². The highest BCUT2D eigenvalue weighted by Gasteiger charge is 2.43. The number of sulfonamides is 1. The van der Waals surface area contributed by atoms with E-state index in [0.717, 1.165) is 11.3 Å². The van der Waals surface area contributed by atoms with Gasteiger partial charge in [-0.2, -0.15) is 4.31 Å². The average Bonchev–Trinajstić information content (AvgIpc) is 2.71. The molecule has 2 atom stereocenters. The Morgan fingerprint density at radius 3 is 2.44 bits per heavy atom. The standard InChI is InChI=1S/C20H19N3O3S/c24-20-17-6-1-2-7-19(17)27(25,26)23(14-15-8-11-21-12-9-15)18(20)13-16-5-3-4-10-22-16/h1-12,18,20,24H,13-14H2/t18-,20-/m0/s1. The van der Waals surface area contributed by atoms with Crippen LogP contribution in [0.2, 0.25) is 0 Å². The molecule has 1 aliphatic rings. The molecule has 3 heterocycles.